The summed E-state index contributed by atoms with van der Waals surface area (Å²) in [6.07, 6.45) is 5.47. The zero-order chi connectivity index (χ0) is 11.1. The number of aryl methyl sites for hydroxylation is 1. The summed E-state index contributed by atoms with van der Waals surface area (Å²) in [6.45, 7) is 0. The summed E-state index contributed by atoms with van der Waals surface area (Å²) in [4.78, 5) is 11.4. The Balaban J connectivity index is 2.33. The van der Waals surface area contributed by atoms with Gasteiger partial charge in [0, 0.05) is 30.4 Å². The van der Waals surface area contributed by atoms with Crippen LogP contribution in [0, 0.1) is 0 Å². The first kappa shape index (κ1) is 8.90. The van der Waals surface area contributed by atoms with Crippen molar-refractivity contribution in [2.75, 3.05) is 5.73 Å². The van der Waals surface area contributed by atoms with Crippen LogP contribution in [0.5, 0.6) is 0 Å². The van der Waals surface area contributed by atoms with Gasteiger partial charge in [0.05, 0.1) is 11.9 Å². The molecule has 3 rings (SSSR count). The Morgan fingerprint density at radius 3 is 3.00 bits per heavy atom. The van der Waals surface area contributed by atoms with Gasteiger partial charge in [0.2, 0.25) is 5.95 Å². The van der Waals surface area contributed by atoms with Crippen molar-refractivity contribution < 1.29 is 0 Å². The summed E-state index contributed by atoms with van der Waals surface area (Å²) in [6, 6.07) is 1.93. The Kier molecular flexibility index (Phi) is 1.70. The molecule has 0 aliphatic carbocycles. The van der Waals surface area contributed by atoms with E-state index in [4.69, 9.17) is 5.73 Å². The van der Waals surface area contributed by atoms with Crippen LogP contribution in [0.2, 0.25) is 0 Å². The molecule has 0 bridgehead atoms. The van der Waals surface area contributed by atoms with Crippen molar-refractivity contribution >= 4 is 17.0 Å². The van der Waals surface area contributed by atoms with Gasteiger partial charge < -0.3 is 10.7 Å². The van der Waals surface area contributed by atoms with E-state index in [1.54, 1.807) is 10.9 Å². The molecule has 0 aromatic carbocycles. The fraction of sp³-hybridized carbons (Fsp3) is 0.100. The summed E-state index contributed by atoms with van der Waals surface area (Å²) >= 11 is 0. The van der Waals surface area contributed by atoms with Gasteiger partial charge in [-0.15, -0.1) is 0 Å². The molecule has 80 valence electrons. The van der Waals surface area contributed by atoms with Gasteiger partial charge in [0.15, 0.2) is 0 Å². The van der Waals surface area contributed by atoms with Crippen molar-refractivity contribution in [1.29, 1.82) is 0 Å². The van der Waals surface area contributed by atoms with Gasteiger partial charge in [-0.3, -0.25) is 4.68 Å². The summed E-state index contributed by atoms with van der Waals surface area (Å²) < 4.78 is 1.73. The second-order valence-corrected chi connectivity index (χ2v) is 3.57. The number of anilines is 1. The maximum Gasteiger partial charge on any atom is 0.222 e. The molecule has 3 heterocycles. The molecule has 3 aromatic heterocycles. The second kappa shape index (κ2) is 3.06. The van der Waals surface area contributed by atoms with Gasteiger partial charge in [-0.05, 0) is 6.07 Å². The molecule has 0 radical (unpaired) electrons. The molecule has 0 saturated heterocycles. The summed E-state index contributed by atoms with van der Waals surface area (Å²) in [5, 5.41) is 5.07. The molecule has 0 atom stereocenters. The third-order valence-corrected chi connectivity index (χ3v) is 2.41. The number of hydrogen-bond donors (Lipinski definition) is 2. The van der Waals surface area contributed by atoms with Gasteiger partial charge >= 0.3 is 0 Å². The first-order chi connectivity index (χ1) is 7.74. The Labute approximate surface area is 91.1 Å². The highest BCUT2D eigenvalue weighted by atomic mass is 15.2. The van der Waals surface area contributed by atoms with Crippen molar-refractivity contribution in [3.05, 3.63) is 24.7 Å². The number of nitrogens with two attached hydrogens (primary N) is 1. The number of nitrogen functional groups attached to an aromatic ring is 1. The molecule has 3 N–H and O–H groups in total. The standard InChI is InChI=1S/C10H10N6/c1-16-5-6(4-13-16)8-7-2-3-12-9(7)15-10(11)14-8/h2-5H,1H3,(H3,11,12,14,15). The van der Waals surface area contributed by atoms with Crippen molar-refractivity contribution in [2.45, 2.75) is 0 Å². The lowest BCUT2D eigenvalue weighted by molar-refractivity contribution is 0.768. The Hall–Kier alpha value is -2.37. The third kappa shape index (κ3) is 1.23. The largest absolute Gasteiger partial charge is 0.368 e. The van der Waals surface area contributed by atoms with Crippen LogP contribution in [0.25, 0.3) is 22.3 Å². The van der Waals surface area contributed by atoms with Gasteiger partial charge in [-0.1, -0.05) is 0 Å². The molecule has 0 saturated carbocycles. The van der Waals surface area contributed by atoms with Crippen LogP contribution in [-0.4, -0.2) is 24.7 Å². The van der Waals surface area contributed by atoms with E-state index in [1.165, 1.54) is 0 Å². The van der Waals surface area contributed by atoms with Gasteiger partial charge in [-0.2, -0.15) is 10.1 Å². The minimum absolute atomic E-state index is 0.258. The van der Waals surface area contributed by atoms with Gasteiger partial charge in [0.1, 0.15) is 5.65 Å². The normalized spacial score (nSPS) is 11.1. The number of hydrogen-bond acceptors (Lipinski definition) is 4. The smallest absolute Gasteiger partial charge is 0.222 e. The molecular weight excluding hydrogens is 204 g/mol. The van der Waals surface area contributed by atoms with E-state index in [-0.39, 0.29) is 5.95 Å². The number of H-pyrrole nitrogens is 1. The number of aromatic nitrogens is 5. The fourth-order valence-corrected chi connectivity index (χ4v) is 1.72. The highest BCUT2D eigenvalue weighted by Crippen LogP contribution is 2.25. The van der Waals surface area contributed by atoms with Gasteiger partial charge in [-0.25, -0.2) is 4.98 Å². The summed E-state index contributed by atoms with van der Waals surface area (Å²) in [5.41, 5.74) is 8.13. The van der Waals surface area contributed by atoms with E-state index in [2.05, 4.69) is 20.1 Å². The molecule has 16 heavy (non-hydrogen) atoms. The van der Waals surface area contributed by atoms with Crippen LogP contribution in [0.15, 0.2) is 24.7 Å². The number of aromatic amines is 1. The molecule has 3 aromatic rings. The maximum atomic E-state index is 5.66. The predicted molar refractivity (Wildman–Crippen MR) is 60.5 cm³/mol. The lowest BCUT2D eigenvalue weighted by Crippen LogP contribution is -1.96. The average molecular weight is 214 g/mol. The van der Waals surface area contributed by atoms with E-state index in [0.29, 0.717) is 0 Å². The molecule has 6 nitrogen and oxygen atoms in total. The van der Waals surface area contributed by atoms with Crippen LogP contribution in [0.4, 0.5) is 5.95 Å². The number of nitrogens with one attached hydrogen (secondary N) is 1. The molecular formula is C10H10N6. The van der Waals surface area contributed by atoms with Crippen LogP contribution < -0.4 is 5.73 Å². The van der Waals surface area contributed by atoms with E-state index < -0.39 is 0 Å². The van der Waals surface area contributed by atoms with Crippen molar-refractivity contribution in [2.24, 2.45) is 7.05 Å². The van der Waals surface area contributed by atoms with Crippen LogP contribution >= 0.6 is 0 Å². The highest BCUT2D eigenvalue weighted by molar-refractivity contribution is 5.91. The molecule has 6 heteroatoms. The van der Waals surface area contributed by atoms with Crippen LogP contribution in [0.1, 0.15) is 0 Å². The zero-order valence-electron chi connectivity index (χ0n) is 8.68. The van der Waals surface area contributed by atoms with E-state index >= 15 is 0 Å². The van der Waals surface area contributed by atoms with E-state index in [1.807, 2.05) is 25.5 Å². The SMILES string of the molecule is Cn1cc(-c2nc(N)nc3[nH]ccc23)cn1. The fourth-order valence-electron chi connectivity index (χ4n) is 1.72. The molecule has 0 fully saturated rings. The van der Waals surface area contributed by atoms with Crippen LogP contribution in [-0.2, 0) is 7.05 Å². The second-order valence-electron chi connectivity index (χ2n) is 3.57. The molecule has 0 spiro atoms. The number of fused-ring (bicyclic) bond motifs is 1. The molecule has 0 unspecified atom stereocenters. The Morgan fingerprint density at radius 2 is 2.25 bits per heavy atom. The van der Waals surface area contributed by atoms with Crippen molar-refractivity contribution in [1.82, 2.24) is 24.7 Å². The number of rotatable bonds is 1. The Morgan fingerprint density at radius 1 is 1.38 bits per heavy atom. The molecule has 0 aliphatic heterocycles. The van der Waals surface area contributed by atoms with E-state index in [0.717, 1.165) is 22.3 Å². The predicted octanol–water partition coefficient (Wildman–Crippen LogP) is 0.941. The van der Waals surface area contributed by atoms with Crippen molar-refractivity contribution in [3.8, 4) is 11.3 Å². The minimum Gasteiger partial charge on any atom is -0.368 e. The molecule has 0 amide bonds. The zero-order valence-corrected chi connectivity index (χ0v) is 8.68. The number of nitrogens with zero attached hydrogens (tertiary/aromatic N) is 4. The average Bonchev–Trinajstić information content (AvgIpc) is 2.84. The summed E-state index contributed by atoms with van der Waals surface area (Å²) in [5.74, 6) is 0.258. The summed E-state index contributed by atoms with van der Waals surface area (Å²) in [7, 11) is 1.86. The van der Waals surface area contributed by atoms with Crippen molar-refractivity contribution in [3.63, 3.8) is 0 Å². The first-order valence-corrected chi connectivity index (χ1v) is 4.83. The quantitative estimate of drug-likeness (QED) is 0.631. The minimum atomic E-state index is 0.258. The lowest BCUT2D eigenvalue weighted by atomic mass is 10.2. The molecule has 0 aliphatic rings. The topological polar surface area (TPSA) is 85.4 Å². The first-order valence-electron chi connectivity index (χ1n) is 4.83. The van der Waals surface area contributed by atoms with Crippen LogP contribution in [0.3, 0.4) is 0 Å². The highest BCUT2D eigenvalue weighted by Gasteiger charge is 2.10. The van der Waals surface area contributed by atoms with Gasteiger partial charge in [0.25, 0.3) is 0 Å². The van der Waals surface area contributed by atoms with E-state index in [9.17, 15) is 0 Å². The lowest BCUT2D eigenvalue weighted by Gasteiger charge is -2.00. The maximum absolute atomic E-state index is 5.66. The third-order valence-electron chi connectivity index (χ3n) is 2.41. The monoisotopic (exact) mass is 214 g/mol. The Bertz CT molecular complexity index is 650.